The van der Waals surface area contributed by atoms with Crippen molar-refractivity contribution in [2.45, 2.75) is 39.7 Å². The minimum Gasteiger partial charge on any atom is -0.444 e. The van der Waals surface area contributed by atoms with Crippen LogP contribution in [-0.2, 0) is 4.74 Å². The van der Waals surface area contributed by atoms with Gasteiger partial charge in [-0.1, -0.05) is 29.5 Å². The van der Waals surface area contributed by atoms with Crippen LogP contribution >= 0.6 is 22.6 Å². The van der Waals surface area contributed by atoms with Gasteiger partial charge >= 0.3 is 6.09 Å². The quantitative estimate of drug-likeness (QED) is 0.571. The zero-order valence-electron chi connectivity index (χ0n) is 11.5. The highest BCUT2D eigenvalue weighted by Gasteiger charge is 2.47. The second kappa shape index (κ2) is 5.64. The maximum Gasteiger partial charge on any atom is 0.410 e. The summed E-state index contributed by atoms with van der Waals surface area (Å²) in [6.07, 6.45) is 0.543. The summed E-state index contributed by atoms with van der Waals surface area (Å²) in [5, 5.41) is 9.28. The minimum absolute atomic E-state index is 0.310. The van der Waals surface area contributed by atoms with Crippen LogP contribution in [0.5, 0.6) is 0 Å². The van der Waals surface area contributed by atoms with Gasteiger partial charge in [0.15, 0.2) is 0 Å². The third kappa shape index (κ3) is 4.01. The SMILES string of the molecule is CC(CI)CC1(C#N)CN(C(=O)OC(C)(C)C)C1. The molecule has 5 heteroatoms. The molecule has 18 heavy (non-hydrogen) atoms. The van der Waals surface area contributed by atoms with E-state index >= 15 is 0 Å². The van der Waals surface area contributed by atoms with Crippen LogP contribution in [0, 0.1) is 22.7 Å². The van der Waals surface area contributed by atoms with E-state index in [0.29, 0.717) is 19.0 Å². The van der Waals surface area contributed by atoms with Crippen LogP contribution < -0.4 is 0 Å². The number of carbonyl (C=O) groups is 1. The summed E-state index contributed by atoms with van der Waals surface area (Å²) in [6, 6.07) is 2.38. The number of amides is 1. The van der Waals surface area contributed by atoms with Crippen LogP contribution in [0.3, 0.4) is 0 Å². The number of nitrogens with zero attached hydrogens (tertiary/aromatic N) is 2. The van der Waals surface area contributed by atoms with Crippen molar-refractivity contribution < 1.29 is 9.53 Å². The van der Waals surface area contributed by atoms with Crippen LogP contribution in [0.15, 0.2) is 0 Å². The monoisotopic (exact) mass is 364 g/mol. The molecule has 1 fully saturated rings. The number of rotatable bonds is 3. The van der Waals surface area contributed by atoms with Crippen molar-refractivity contribution in [2.75, 3.05) is 17.5 Å². The number of halogens is 1. The van der Waals surface area contributed by atoms with Gasteiger partial charge in [-0.25, -0.2) is 4.79 Å². The first-order valence-electron chi connectivity index (χ1n) is 6.16. The van der Waals surface area contributed by atoms with Gasteiger partial charge in [-0.3, -0.25) is 0 Å². The van der Waals surface area contributed by atoms with E-state index in [4.69, 9.17) is 4.74 Å². The van der Waals surface area contributed by atoms with Crippen molar-refractivity contribution in [3.8, 4) is 6.07 Å². The molecule has 1 unspecified atom stereocenters. The molecular weight excluding hydrogens is 343 g/mol. The van der Waals surface area contributed by atoms with Gasteiger partial charge in [0.2, 0.25) is 0 Å². The molecule has 0 saturated carbocycles. The zero-order chi connectivity index (χ0) is 14.0. The number of hydrogen-bond acceptors (Lipinski definition) is 3. The summed E-state index contributed by atoms with van der Waals surface area (Å²) in [5.41, 5.74) is -0.834. The standard InChI is InChI=1S/C13H21IN2O2/c1-10(6-14)5-13(7-15)8-16(9-13)11(17)18-12(2,3)4/h10H,5-6,8-9H2,1-4H3. The average molecular weight is 364 g/mol. The molecule has 0 aliphatic carbocycles. The highest BCUT2D eigenvalue weighted by Crippen LogP contribution is 2.37. The molecule has 1 saturated heterocycles. The van der Waals surface area contributed by atoms with Crippen molar-refractivity contribution in [1.82, 2.24) is 4.90 Å². The number of nitriles is 1. The smallest absolute Gasteiger partial charge is 0.410 e. The zero-order valence-corrected chi connectivity index (χ0v) is 13.7. The first kappa shape index (κ1) is 15.5. The molecule has 1 amide bonds. The second-order valence-corrected chi connectivity index (χ2v) is 7.07. The molecule has 4 nitrogen and oxygen atoms in total. The Morgan fingerprint density at radius 3 is 2.50 bits per heavy atom. The predicted molar refractivity (Wildman–Crippen MR) is 78.5 cm³/mol. The third-order valence-corrected chi connectivity index (χ3v) is 4.38. The largest absolute Gasteiger partial charge is 0.444 e. The first-order chi connectivity index (χ1) is 8.21. The Balaban J connectivity index is 2.50. The molecule has 0 aromatic rings. The summed E-state index contributed by atoms with van der Waals surface area (Å²) in [6.45, 7) is 8.68. The van der Waals surface area contributed by atoms with Crippen molar-refractivity contribution in [1.29, 1.82) is 5.26 Å². The van der Waals surface area contributed by atoms with Gasteiger partial charge in [0.25, 0.3) is 0 Å². The molecule has 0 aromatic heterocycles. The highest BCUT2D eigenvalue weighted by atomic mass is 127. The fourth-order valence-corrected chi connectivity index (χ4v) is 2.42. The molecule has 0 bridgehead atoms. The summed E-state index contributed by atoms with van der Waals surface area (Å²) < 4.78 is 6.32. The topological polar surface area (TPSA) is 53.3 Å². The van der Waals surface area contributed by atoms with E-state index in [1.54, 1.807) is 4.90 Å². The van der Waals surface area contributed by atoms with E-state index in [-0.39, 0.29) is 11.5 Å². The fourth-order valence-electron chi connectivity index (χ4n) is 2.11. The number of likely N-dealkylation sites (tertiary alicyclic amines) is 1. The van der Waals surface area contributed by atoms with Crippen molar-refractivity contribution in [3.63, 3.8) is 0 Å². The maximum atomic E-state index is 11.8. The van der Waals surface area contributed by atoms with Gasteiger partial charge in [-0.15, -0.1) is 0 Å². The van der Waals surface area contributed by atoms with Crippen LogP contribution in [-0.4, -0.2) is 34.1 Å². The number of hydrogen-bond donors (Lipinski definition) is 0. The summed E-state index contributed by atoms with van der Waals surface area (Å²) in [4.78, 5) is 13.4. The Hall–Kier alpha value is -0.510. The number of carbonyl (C=O) groups excluding carboxylic acids is 1. The minimum atomic E-state index is -0.475. The Bertz CT molecular complexity index is 351. The van der Waals surface area contributed by atoms with E-state index < -0.39 is 5.60 Å². The van der Waals surface area contributed by atoms with E-state index in [2.05, 4.69) is 35.6 Å². The number of ether oxygens (including phenoxy) is 1. The van der Waals surface area contributed by atoms with Crippen molar-refractivity contribution in [3.05, 3.63) is 0 Å². The van der Waals surface area contributed by atoms with E-state index in [0.717, 1.165) is 10.8 Å². The Morgan fingerprint density at radius 1 is 1.56 bits per heavy atom. The molecule has 1 aliphatic rings. The summed E-state index contributed by atoms with van der Waals surface area (Å²) in [5.74, 6) is 0.506. The van der Waals surface area contributed by atoms with Crippen LogP contribution in [0.2, 0.25) is 0 Å². The second-order valence-electron chi connectivity index (χ2n) is 6.19. The van der Waals surface area contributed by atoms with E-state index in [1.165, 1.54) is 0 Å². The molecule has 0 N–H and O–H groups in total. The molecule has 1 heterocycles. The van der Waals surface area contributed by atoms with E-state index in [9.17, 15) is 10.1 Å². The molecule has 1 aliphatic heterocycles. The number of alkyl halides is 1. The lowest BCUT2D eigenvalue weighted by Crippen LogP contribution is -2.59. The molecule has 1 atom stereocenters. The van der Waals surface area contributed by atoms with Gasteiger partial charge in [0.1, 0.15) is 5.60 Å². The summed E-state index contributed by atoms with van der Waals surface area (Å²) >= 11 is 2.33. The Kier molecular flexibility index (Phi) is 4.87. The van der Waals surface area contributed by atoms with Gasteiger partial charge in [-0.2, -0.15) is 5.26 Å². The van der Waals surface area contributed by atoms with E-state index in [1.807, 2.05) is 20.8 Å². The molecule has 0 aromatic carbocycles. The van der Waals surface area contributed by atoms with Crippen LogP contribution in [0.1, 0.15) is 34.1 Å². The molecular formula is C13H21IN2O2. The lowest BCUT2D eigenvalue weighted by Gasteiger charge is -2.46. The Labute approximate surface area is 123 Å². The van der Waals surface area contributed by atoms with Gasteiger partial charge in [0, 0.05) is 17.5 Å². The maximum absolute atomic E-state index is 11.8. The molecule has 102 valence electrons. The normalized spacial score (nSPS) is 19.7. The summed E-state index contributed by atoms with van der Waals surface area (Å²) in [7, 11) is 0. The lowest BCUT2D eigenvalue weighted by molar-refractivity contribution is -0.0211. The van der Waals surface area contributed by atoms with Crippen LogP contribution in [0.25, 0.3) is 0 Å². The van der Waals surface area contributed by atoms with Crippen LogP contribution in [0.4, 0.5) is 4.79 Å². The molecule has 1 rings (SSSR count). The van der Waals surface area contributed by atoms with Gasteiger partial charge < -0.3 is 9.64 Å². The fraction of sp³-hybridized carbons (Fsp3) is 0.846. The van der Waals surface area contributed by atoms with Crippen molar-refractivity contribution in [2.24, 2.45) is 11.3 Å². The predicted octanol–water partition coefficient (Wildman–Crippen LogP) is 3.21. The van der Waals surface area contributed by atoms with Crippen molar-refractivity contribution >= 4 is 28.7 Å². The third-order valence-electron chi connectivity index (χ3n) is 2.88. The van der Waals surface area contributed by atoms with Gasteiger partial charge in [0.05, 0.1) is 11.5 Å². The first-order valence-corrected chi connectivity index (χ1v) is 7.69. The Morgan fingerprint density at radius 2 is 2.11 bits per heavy atom. The highest BCUT2D eigenvalue weighted by molar-refractivity contribution is 14.1. The van der Waals surface area contributed by atoms with Gasteiger partial charge in [-0.05, 0) is 33.1 Å². The average Bonchev–Trinajstić information content (AvgIpc) is 2.19. The molecule has 0 radical (unpaired) electrons. The molecule has 0 spiro atoms. The lowest BCUT2D eigenvalue weighted by atomic mass is 9.75.